The molecule has 0 bridgehead atoms. The zero-order valence-corrected chi connectivity index (χ0v) is 22.2. The van der Waals surface area contributed by atoms with Crippen molar-refractivity contribution in [2.75, 3.05) is 17.0 Å². The van der Waals surface area contributed by atoms with Crippen molar-refractivity contribution in [2.24, 2.45) is 10.2 Å². The van der Waals surface area contributed by atoms with E-state index in [1.54, 1.807) is 25.1 Å². The van der Waals surface area contributed by atoms with Crippen molar-refractivity contribution in [3.8, 4) is 0 Å². The minimum atomic E-state index is -0.684. The summed E-state index contributed by atoms with van der Waals surface area (Å²) in [6, 6.07) is 20.9. The Morgan fingerprint density at radius 3 is 2.36 bits per heavy atom. The molecule has 5 rings (SSSR count). The number of carbonyl (C=O) groups is 2. The number of anilines is 2. The maximum Gasteiger partial charge on any atom is 0.359 e. The van der Waals surface area contributed by atoms with Crippen LogP contribution in [0.15, 0.2) is 93.2 Å². The number of carbonyl (C=O) groups excluding carboxylic acids is 2. The molecule has 0 spiro atoms. The number of fused-ring (bicyclic) bond motifs is 1. The molecular weight excluding hydrogens is 492 g/mol. The predicted molar refractivity (Wildman–Crippen MR) is 152 cm³/mol. The van der Waals surface area contributed by atoms with Gasteiger partial charge in [-0.15, -0.1) is 0 Å². The van der Waals surface area contributed by atoms with Gasteiger partial charge in [-0.25, -0.2) is 4.79 Å². The molecule has 0 radical (unpaired) electrons. The lowest BCUT2D eigenvalue weighted by Gasteiger charge is -2.11. The van der Waals surface area contributed by atoms with Gasteiger partial charge < -0.3 is 9.15 Å². The molecule has 1 aromatic heterocycles. The van der Waals surface area contributed by atoms with E-state index in [1.807, 2.05) is 75.4 Å². The van der Waals surface area contributed by atoms with Crippen molar-refractivity contribution < 1.29 is 18.7 Å². The summed E-state index contributed by atoms with van der Waals surface area (Å²) in [4.78, 5) is 26.5. The number of nitrogens with zero attached hydrogens (tertiary/aromatic N) is 3. The third-order valence-electron chi connectivity index (χ3n) is 6.25. The molecular formula is C31H28N4O4. The molecule has 0 fully saturated rings. The van der Waals surface area contributed by atoms with E-state index in [4.69, 9.17) is 14.3 Å². The lowest BCUT2D eigenvalue weighted by Crippen LogP contribution is -2.23. The zero-order valence-electron chi connectivity index (χ0n) is 22.2. The first-order valence-electron chi connectivity index (χ1n) is 12.6. The van der Waals surface area contributed by atoms with E-state index in [2.05, 4.69) is 10.5 Å². The number of hydrogen-bond donors (Lipinski definition) is 1. The summed E-state index contributed by atoms with van der Waals surface area (Å²) in [5.41, 5.74) is 8.78. The van der Waals surface area contributed by atoms with Crippen LogP contribution in [0.4, 0.5) is 11.4 Å². The summed E-state index contributed by atoms with van der Waals surface area (Å²) in [6.07, 6.45) is 3.10. The van der Waals surface area contributed by atoms with Crippen LogP contribution in [0, 0.1) is 20.8 Å². The van der Waals surface area contributed by atoms with Gasteiger partial charge in [-0.1, -0.05) is 47.0 Å². The molecule has 1 amide bonds. The number of aryl methyl sites for hydroxylation is 3. The average molecular weight is 521 g/mol. The number of nitrogens with one attached hydrogen (secondary N) is 1. The Hall–Kier alpha value is -4.98. The van der Waals surface area contributed by atoms with Crippen LogP contribution in [0.1, 0.15) is 29.2 Å². The minimum Gasteiger partial charge on any atom is -0.464 e. The average Bonchev–Trinajstić information content (AvgIpc) is 3.25. The highest BCUT2D eigenvalue weighted by molar-refractivity contribution is 6.54. The second-order valence-corrected chi connectivity index (χ2v) is 9.31. The van der Waals surface area contributed by atoms with Gasteiger partial charge in [-0.2, -0.15) is 15.2 Å². The van der Waals surface area contributed by atoms with Crippen LogP contribution in [-0.4, -0.2) is 24.2 Å². The van der Waals surface area contributed by atoms with Gasteiger partial charge in [0.1, 0.15) is 17.2 Å². The molecule has 196 valence electrons. The van der Waals surface area contributed by atoms with Gasteiger partial charge in [0.25, 0.3) is 5.91 Å². The third kappa shape index (κ3) is 5.36. The Morgan fingerprint density at radius 1 is 1.00 bits per heavy atom. The van der Waals surface area contributed by atoms with Crippen LogP contribution in [0.5, 0.6) is 0 Å². The number of rotatable bonds is 6. The summed E-state index contributed by atoms with van der Waals surface area (Å²) >= 11 is 0. The molecule has 0 aliphatic carbocycles. The van der Waals surface area contributed by atoms with Crippen molar-refractivity contribution in [1.82, 2.24) is 0 Å². The van der Waals surface area contributed by atoms with Crippen molar-refractivity contribution in [3.05, 3.63) is 106 Å². The van der Waals surface area contributed by atoms with Crippen LogP contribution >= 0.6 is 0 Å². The van der Waals surface area contributed by atoms with Gasteiger partial charge >= 0.3 is 5.97 Å². The molecule has 3 aromatic carbocycles. The molecule has 39 heavy (non-hydrogen) atoms. The van der Waals surface area contributed by atoms with Crippen LogP contribution < -0.4 is 15.8 Å². The molecule has 8 heteroatoms. The van der Waals surface area contributed by atoms with Crippen molar-refractivity contribution in [2.45, 2.75) is 27.7 Å². The maximum atomic E-state index is 13.6. The Labute approximate surface area is 225 Å². The molecule has 4 aromatic rings. The van der Waals surface area contributed by atoms with E-state index in [-0.39, 0.29) is 17.9 Å². The fraction of sp³-hybridized carbons (Fsp3) is 0.161. The Bertz CT molecular complexity index is 1700. The first kappa shape index (κ1) is 25.7. The summed E-state index contributed by atoms with van der Waals surface area (Å²) in [6.45, 7) is 7.80. The van der Waals surface area contributed by atoms with Gasteiger partial charge in [0, 0.05) is 10.9 Å². The van der Waals surface area contributed by atoms with Crippen molar-refractivity contribution in [3.63, 3.8) is 0 Å². The second-order valence-electron chi connectivity index (χ2n) is 9.31. The third-order valence-corrected chi connectivity index (χ3v) is 6.25. The lowest BCUT2D eigenvalue weighted by molar-refractivity contribution is -0.135. The molecule has 1 aliphatic rings. The molecule has 8 nitrogen and oxygen atoms in total. The molecule has 0 atom stereocenters. The van der Waals surface area contributed by atoms with E-state index < -0.39 is 11.9 Å². The Kier molecular flexibility index (Phi) is 7.10. The predicted octanol–water partition coefficient (Wildman–Crippen LogP) is 5.64. The number of hydrogen-bond acceptors (Lipinski definition) is 7. The van der Waals surface area contributed by atoms with Crippen molar-refractivity contribution in [1.29, 1.82) is 0 Å². The van der Waals surface area contributed by atoms with Crippen LogP contribution in [-0.2, 0) is 14.3 Å². The standard InChI is InChI=1S/C31H28N4O4/c1-5-38-31(37)29-26(30(36)35(34-29)24-13-8-20(3)9-14-24)17-22-18-39-27-15-10-21(4)16-25(27)28(22)33-32-23-11-6-19(2)7-12-23/h6-18,32H,5H2,1-4H3/b26-17-,33-28-. The van der Waals surface area contributed by atoms with Gasteiger partial charge in [0.15, 0.2) is 5.71 Å². The number of amides is 1. The fourth-order valence-electron chi connectivity index (χ4n) is 4.16. The minimum absolute atomic E-state index is 0.0794. The van der Waals surface area contributed by atoms with Crippen LogP contribution in [0.3, 0.4) is 0 Å². The summed E-state index contributed by atoms with van der Waals surface area (Å²) in [5.74, 6) is -1.14. The number of hydrazone groups is 1. The first-order chi connectivity index (χ1) is 18.8. The number of ether oxygens (including phenoxy) is 1. The SMILES string of the molecule is CCOC(=O)C1=NN(c2ccc(C)cc2)C(=O)/C1=C\c1coc2ccc(C)cc2/c1=N\Nc1ccc(C)cc1. The summed E-state index contributed by atoms with van der Waals surface area (Å²) in [5, 5.41) is 11.6. The lowest BCUT2D eigenvalue weighted by atomic mass is 10.0. The first-order valence-corrected chi connectivity index (χ1v) is 12.6. The molecule has 0 saturated heterocycles. The molecule has 2 heterocycles. The van der Waals surface area contributed by atoms with E-state index in [1.165, 1.54) is 11.3 Å². The van der Waals surface area contributed by atoms with Gasteiger partial charge in [0.05, 0.1) is 23.6 Å². The maximum absolute atomic E-state index is 13.6. The van der Waals surface area contributed by atoms with Crippen molar-refractivity contribution >= 4 is 46.0 Å². The topological polar surface area (TPSA) is 96.5 Å². The number of benzene rings is 3. The second kappa shape index (κ2) is 10.8. The highest BCUT2D eigenvalue weighted by Crippen LogP contribution is 2.26. The van der Waals surface area contributed by atoms with E-state index in [0.29, 0.717) is 22.2 Å². The number of esters is 1. The smallest absolute Gasteiger partial charge is 0.359 e. The normalized spacial score (nSPS) is 14.7. The molecule has 0 saturated carbocycles. The van der Waals surface area contributed by atoms with Crippen LogP contribution in [0.25, 0.3) is 17.0 Å². The molecule has 0 unspecified atom stereocenters. The molecule has 1 N–H and O–H groups in total. The van der Waals surface area contributed by atoms with Gasteiger partial charge in [-0.05, 0) is 70.2 Å². The van der Waals surface area contributed by atoms with Gasteiger partial charge in [-0.3, -0.25) is 10.2 Å². The zero-order chi connectivity index (χ0) is 27.5. The fourth-order valence-corrected chi connectivity index (χ4v) is 4.16. The summed E-state index contributed by atoms with van der Waals surface area (Å²) < 4.78 is 11.1. The molecule has 1 aliphatic heterocycles. The van der Waals surface area contributed by atoms with Gasteiger partial charge in [0.2, 0.25) is 0 Å². The van der Waals surface area contributed by atoms with Crippen LogP contribution in [0.2, 0.25) is 0 Å². The Morgan fingerprint density at radius 2 is 1.67 bits per heavy atom. The Balaban J connectivity index is 1.66. The van der Waals surface area contributed by atoms with E-state index >= 15 is 0 Å². The quantitative estimate of drug-likeness (QED) is 0.202. The largest absolute Gasteiger partial charge is 0.464 e. The highest BCUT2D eigenvalue weighted by Gasteiger charge is 2.36. The summed E-state index contributed by atoms with van der Waals surface area (Å²) in [7, 11) is 0. The van der Waals surface area contributed by atoms with E-state index in [9.17, 15) is 9.59 Å². The monoisotopic (exact) mass is 520 g/mol. The van der Waals surface area contributed by atoms with E-state index in [0.717, 1.165) is 27.8 Å². The highest BCUT2D eigenvalue weighted by atomic mass is 16.5.